The van der Waals surface area contributed by atoms with Gasteiger partial charge in [0, 0.05) is 5.69 Å². The van der Waals surface area contributed by atoms with Crippen LogP contribution in [0.2, 0.25) is 0 Å². The van der Waals surface area contributed by atoms with Gasteiger partial charge >= 0.3 is 12.0 Å². The smallest absolute Gasteiger partial charge is 0.319 e. The Kier molecular flexibility index (Phi) is 5.01. The average Bonchev–Trinajstić information content (AvgIpc) is 2.37. The van der Waals surface area contributed by atoms with E-state index in [1.54, 1.807) is 26.0 Å². The van der Waals surface area contributed by atoms with E-state index in [4.69, 9.17) is 5.11 Å². The Labute approximate surface area is 115 Å². The van der Waals surface area contributed by atoms with Crippen LogP contribution in [0.15, 0.2) is 24.3 Å². The summed E-state index contributed by atoms with van der Waals surface area (Å²) in [5.41, 5.74) is -0.0820. The van der Waals surface area contributed by atoms with Crippen LogP contribution >= 0.6 is 0 Å². The second-order valence-corrected chi connectivity index (χ2v) is 4.73. The summed E-state index contributed by atoms with van der Waals surface area (Å²) in [4.78, 5) is 22.3. The average molecular weight is 286 g/mol. The molecule has 5 nitrogen and oxygen atoms in total. The number of hydrogen-bond donors (Lipinski definition) is 3. The predicted octanol–water partition coefficient (Wildman–Crippen LogP) is 2.44. The maximum absolute atomic E-state index is 11.9. The molecule has 0 fully saturated rings. The molecule has 0 heterocycles. The first-order valence-corrected chi connectivity index (χ1v) is 5.90. The summed E-state index contributed by atoms with van der Waals surface area (Å²) in [7, 11) is 0. The number of anilines is 1. The molecular weight excluding hydrogens is 270 g/mol. The molecule has 0 saturated heterocycles. The van der Waals surface area contributed by atoms with Gasteiger partial charge in [0.25, 0.3) is 6.43 Å². The van der Waals surface area contributed by atoms with Crippen molar-refractivity contribution in [3.05, 3.63) is 29.8 Å². The Hall–Kier alpha value is -2.18. The van der Waals surface area contributed by atoms with Crippen LogP contribution in [0.4, 0.5) is 19.3 Å². The second-order valence-electron chi connectivity index (χ2n) is 4.73. The number of benzene rings is 1. The predicted molar refractivity (Wildman–Crippen MR) is 70.1 cm³/mol. The molecule has 0 aliphatic rings. The minimum absolute atomic E-state index is 0.390. The largest absolute Gasteiger partial charge is 0.481 e. The van der Waals surface area contributed by atoms with Crippen LogP contribution in [0.5, 0.6) is 0 Å². The molecule has 0 saturated carbocycles. The highest BCUT2D eigenvalue weighted by atomic mass is 19.3. The Balaban J connectivity index is 2.68. The monoisotopic (exact) mass is 286 g/mol. The van der Waals surface area contributed by atoms with Gasteiger partial charge in [0.05, 0.1) is 12.0 Å². The number of hydrogen-bond acceptors (Lipinski definition) is 2. The van der Waals surface area contributed by atoms with Crippen molar-refractivity contribution in [3.8, 4) is 0 Å². The van der Waals surface area contributed by atoms with Crippen molar-refractivity contribution >= 4 is 17.7 Å². The topological polar surface area (TPSA) is 78.4 Å². The maximum Gasteiger partial charge on any atom is 0.319 e. The number of aliphatic carboxylic acids is 1. The molecule has 1 aromatic rings. The highest BCUT2D eigenvalue weighted by Gasteiger charge is 2.29. The van der Waals surface area contributed by atoms with Crippen LogP contribution in [0.25, 0.3) is 0 Å². The van der Waals surface area contributed by atoms with Crippen molar-refractivity contribution in [3.63, 3.8) is 0 Å². The number of rotatable bonds is 5. The molecule has 0 aromatic heterocycles. The SMILES string of the molecule is CC(C)(C(=O)O)c1ccc(NC(=O)NCC(F)F)cc1. The second kappa shape index (κ2) is 6.31. The van der Waals surface area contributed by atoms with E-state index in [9.17, 15) is 18.4 Å². The zero-order valence-corrected chi connectivity index (χ0v) is 11.1. The number of carboxylic acid groups (broad SMARTS) is 1. The van der Waals surface area contributed by atoms with Crippen LogP contribution in [-0.2, 0) is 10.2 Å². The van der Waals surface area contributed by atoms with Gasteiger partial charge in [-0.3, -0.25) is 4.79 Å². The minimum atomic E-state index is -2.61. The molecule has 0 aliphatic carbocycles. The van der Waals surface area contributed by atoms with Gasteiger partial charge in [0.1, 0.15) is 0 Å². The first kappa shape index (κ1) is 15.9. The summed E-state index contributed by atoms with van der Waals surface area (Å²) in [6, 6.07) is 5.42. The molecule has 0 unspecified atom stereocenters. The Morgan fingerprint density at radius 1 is 1.25 bits per heavy atom. The van der Waals surface area contributed by atoms with E-state index < -0.39 is 30.4 Å². The number of urea groups is 1. The van der Waals surface area contributed by atoms with Gasteiger partial charge in [0.15, 0.2) is 0 Å². The first-order chi connectivity index (χ1) is 9.23. The number of carbonyl (C=O) groups is 2. The first-order valence-electron chi connectivity index (χ1n) is 5.90. The zero-order valence-electron chi connectivity index (χ0n) is 11.1. The molecular formula is C13H16F2N2O3. The number of carbonyl (C=O) groups excluding carboxylic acids is 1. The number of carboxylic acids is 1. The van der Waals surface area contributed by atoms with E-state index in [2.05, 4.69) is 5.32 Å². The molecule has 0 aliphatic heterocycles. The van der Waals surface area contributed by atoms with Crippen molar-refractivity contribution < 1.29 is 23.5 Å². The van der Waals surface area contributed by atoms with Crippen molar-refractivity contribution in [1.29, 1.82) is 0 Å². The van der Waals surface area contributed by atoms with E-state index in [0.717, 1.165) is 0 Å². The number of amides is 2. The lowest BCUT2D eigenvalue weighted by molar-refractivity contribution is -0.142. The number of halogens is 2. The van der Waals surface area contributed by atoms with E-state index >= 15 is 0 Å². The van der Waals surface area contributed by atoms with Gasteiger partial charge in [-0.25, -0.2) is 13.6 Å². The van der Waals surface area contributed by atoms with Crippen LogP contribution in [-0.4, -0.2) is 30.1 Å². The molecule has 0 spiro atoms. The van der Waals surface area contributed by atoms with Crippen molar-refractivity contribution in [2.45, 2.75) is 25.7 Å². The van der Waals surface area contributed by atoms with Gasteiger partial charge in [-0.2, -0.15) is 0 Å². The molecule has 0 bridgehead atoms. The molecule has 7 heteroatoms. The molecule has 2 amide bonds. The fraction of sp³-hybridized carbons (Fsp3) is 0.385. The number of alkyl halides is 2. The quantitative estimate of drug-likeness (QED) is 0.778. The molecule has 110 valence electrons. The Morgan fingerprint density at radius 2 is 1.80 bits per heavy atom. The zero-order chi connectivity index (χ0) is 15.3. The van der Waals surface area contributed by atoms with Crippen molar-refractivity contribution in [2.75, 3.05) is 11.9 Å². The van der Waals surface area contributed by atoms with E-state index in [1.807, 2.05) is 5.32 Å². The summed E-state index contributed by atoms with van der Waals surface area (Å²) in [6.45, 7) is 2.40. The summed E-state index contributed by atoms with van der Waals surface area (Å²) in [6.07, 6.45) is -2.61. The van der Waals surface area contributed by atoms with Crippen LogP contribution in [0, 0.1) is 0 Å². The summed E-state index contributed by atoms with van der Waals surface area (Å²) >= 11 is 0. The van der Waals surface area contributed by atoms with E-state index in [1.165, 1.54) is 12.1 Å². The summed E-state index contributed by atoms with van der Waals surface area (Å²) in [5.74, 6) is -0.965. The van der Waals surface area contributed by atoms with E-state index in [0.29, 0.717) is 11.3 Å². The van der Waals surface area contributed by atoms with Crippen LogP contribution in [0.1, 0.15) is 19.4 Å². The van der Waals surface area contributed by atoms with Gasteiger partial charge in [-0.05, 0) is 31.5 Å². The Morgan fingerprint density at radius 3 is 2.25 bits per heavy atom. The van der Waals surface area contributed by atoms with Gasteiger partial charge < -0.3 is 15.7 Å². The summed E-state index contributed by atoms with van der Waals surface area (Å²) < 4.78 is 23.8. The van der Waals surface area contributed by atoms with Crippen LogP contribution < -0.4 is 10.6 Å². The third-order valence-electron chi connectivity index (χ3n) is 2.82. The standard InChI is InChI=1S/C13H16F2N2O3/c1-13(2,11(18)19)8-3-5-9(6-4-8)17-12(20)16-7-10(14)15/h3-6,10H,7H2,1-2H3,(H,18,19)(H2,16,17,20). The van der Waals surface area contributed by atoms with Gasteiger partial charge in [0.2, 0.25) is 0 Å². The maximum atomic E-state index is 11.9. The third-order valence-corrected chi connectivity index (χ3v) is 2.82. The third kappa shape index (κ3) is 4.18. The van der Waals surface area contributed by atoms with Gasteiger partial charge in [-0.1, -0.05) is 12.1 Å². The lowest BCUT2D eigenvalue weighted by Crippen LogP contribution is -2.32. The van der Waals surface area contributed by atoms with Crippen molar-refractivity contribution in [2.24, 2.45) is 0 Å². The molecule has 0 atom stereocenters. The molecule has 1 aromatic carbocycles. The highest BCUT2D eigenvalue weighted by Crippen LogP contribution is 2.24. The summed E-state index contributed by atoms with van der Waals surface area (Å²) in [5, 5.41) is 13.5. The number of nitrogens with one attached hydrogen (secondary N) is 2. The van der Waals surface area contributed by atoms with Crippen LogP contribution in [0.3, 0.4) is 0 Å². The normalized spacial score (nSPS) is 11.2. The molecule has 3 N–H and O–H groups in total. The fourth-order valence-corrected chi connectivity index (χ4v) is 1.44. The van der Waals surface area contributed by atoms with E-state index in [-0.39, 0.29) is 0 Å². The Bertz CT molecular complexity index is 487. The molecule has 0 radical (unpaired) electrons. The lowest BCUT2D eigenvalue weighted by atomic mass is 9.85. The highest BCUT2D eigenvalue weighted by molar-refractivity contribution is 5.89. The lowest BCUT2D eigenvalue weighted by Gasteiger charge is -2.19. The molecule has 20 heavy (non-hydrogen) atoms. The minimum Gasteiger partial charge on any atom is -0.481 e. The fourth-order valence-electron chi connectivity index (χ4n) is 1.44. The van der Waals surface area contributed by atoms with Crippen molar-refractivity contribution in [1.82, 2.24) is 5.32 Å². The van der Waals surface area contributed by atoms with Gasteiger partial charge in [-0.15, -0.1) is 0 Å². The molecule has 1 rings (SSSR count).